The van der Waals surface area contributed by atoms with Gasteiger partial charge in [0, 0.05) is 17.4 Å². The van der Waals surface area contributed by atoms with Gasteiger partial charge in [0.1, 0.15) is 11.4 Å². The summed E-state index contributed by atoms with van der Waals surface area (Å²) < 4.78 is 6.64. The minimum atomic E-state index is -0.189. The van der Waals surface area contributed by atoms with Gasteiger partial charge in [0.2, 0.25) is 0 Å². The van der Waals surface area contributed by atoms with Gasteiger partial charge < -0.3 is 4.74 Å². The molecule has 1 heteroatoms. The molecular weight excluding hydrogens is 280 g/mol. The van der Waals surface area contributed by atoms with Gasteiger partial charge in [-0.2, -0.15) is 0 Å². The second-order valence-electron chi connectivity index (χ2n) is 6.65. The van der Waals surface area contributed by atoms with Crippen LogP contribution in [0, 0.1) is 0 Å². The third kappa shape index (κ3) is 2.00. The van der Waals surface area contributed by atoms with Crippen LogP contribution in [-0.4, -0.2) is 5.60 Å². The van der Waals surface area contributed by atoms with E-state index in [0.29, 0.717) is 0 Å². The summed E-state index contributed by atoms with van der Waals surface area (Å²) in [4.78, 5) is 0. The average molecular weight is 298 g/mol. The highest BCUT2D eigenvalue weighted by atomic mass is 16.5. The van der Waals surface area contributed by atoms with E-state index in [2.05, 4.69) is 72.8 Å². The lowest BCUT2D eigenvalue weighted by molar-refractivity contribution is 0.103. The van der Waals surface area contributed by atoms with Crippen LogP contribution in [0.5, 0.6) is 5.75 Å². The first-order chi connectivity index (χ1) is 11.3. The standard InChI is InChI=1S/C22H18O/c1-2-7-19-15-22(13-11-16(19)5-1)14-12-18-10-9-17-6-3-4-8-20(17)21(18)23-22/h1-10,12,14H,11,13,15H2/t22-/m1/s1. The molecule has 5 rings (SSSR count). The monoisotopic (exact) mass is 298 g/mol. The van der Waals surface area contributed by atoms with Gasteiger partial charge in [-0.1, -0.05) is 66.7 Å². The van der Waals surface area contributed by atoms with Crippen LogP contribution < -0.4 is 4.74 Å². The van der Waals surface area contributed by atoms with Crippen molar-refractivity contribution in [1.82, 2.24) is 0 Å². The van der Waals surface area contributed by atoms with E-state index in [4.69, 9.17) is 4.74 Å². The molecule has 0 fully saturated rings. The first-order valence-electron chi connectivity index (χ1n) is 8.30. The van der Waals surface area contributed by atoms with Crippen LogP contribution in [0.15, 0.2) is 66.7 Å². The number of ether oxygens (including phenoxy) is 1. The van der Waals surface area contributed by atoms with Crippen molar-refractivity contribution in [2.24, 2.45) is 0 Å². The fourth-order valence-electron chi connectivity index (χ4n) is 3.94. The lowest BCUT2D eigenvalue weighted by Gasteiger charge is -2.39. The van der Waals surface area contributed by atoms with Crippen molar-refractivity contribution in [2.45, 2.75) is 24.9 Å². The molecule has 1 spiro atoms. The summed E-state index contributed by atoms with van der Waals surface area (Å²) in [5.74, 6) is 1.05. The molecule has 0 N–H and O–H groups in total. The normalized spacial score (nSPS) is 21.7. The topological polar surface area (TPSA) is 9.23 Å². The minimum absolute atomic E-state index is 0.189. The number of hydrogen-bond donors (Lipinski definition) is 0. The lowest BCUT2D eigenvalue weighted by atomic mass is 9.79. The molecule has 0 aromatic heterocycles. The zero-order valence-corrected chi connectivity index (χ0v) is 13.0. The van der Waals surface area contributed by atoms with Gasteiger partial charge in [0.15, 0.2) is 0 Å². The van der Waals surface area contributed by atoms with Crippen molar-refractivity contribution in [1.29, 1.82) is 0 Å². The van der Waals surface area contributed by atoms with Gasteiger partial charge in [0.25, 0.3) is 0 Å². The highest BCUT2D eigenvalue weighted by Crippen LogP contribution is 2.42. The van der Waals surface area contributed by atoms with Crippen molar-refractivity contribution < 1.29 is 4.74 Å². The summed E-state index contributed by atoms with van der Waals surface area (Å²) >= 11 is 0. The molecule has 1 aliphatic heterocycles. The first-order valence-corrected chi connectivity index (χ1v) is 8.30. The molecule has 2 aliphatic rings. The van der Waals surface area contributed by atoms with E-state index in [1.165, 1.54) is 27.5 Å². The number of hydrogen-bond acceptors (Lipinski definition) is 1. The van der Waals surface area contributed by atoms with Crippen LogP contribution in [0.2, 0.25) is 0 Å². The van der Waals surface area contributed by atoms with E-state index in [1.54, 1.807) is 0 Å². The molecule has 1 aliphatic carbocycles. The summed E-state index contributed by atoms with van der Waals surface area (Å²) in [6, 6.07) is 21.6. The SMILES string of the molecule is C1=C[C@@]2(CCc3ccccc3C2)Oc2c1ccc1ccccc21. The van der Waals surface area contributed by atoms with Crippen LogP contribution in [0.4, 0.5) is 0 Å². The fourth-order valence-corrected chi connectivity index (χ4v) is 3.94. The molecule has 112 valence electrons. The van der Waals surface area contributed by atoms with Crippen molar-refractivity contribution in [3.8, 4) is 5.75 Å². The van der Waals surface area contributed by atoms with E-state index in [-0.39, 0.29) is 5.60 Å². The molecule has 0 saturated heterocycles. The largest absolute Gasteiger partial charge is 0.482 e. The van der Waals surface area contributed by atoms with Crippen molar-refractivity contribution >= 4 is 16.8 Å². The quantitative estimate of drug-likeness (QED) is 0.556. The maximum atomic E-state index is 6.64. The van der Waals surface area contributed by atoms with Gasteiger partial charge in [-0.05, 0) is 35.4 Å². The zero-order chi connectivity index (χ0) is 15.3. The van der Waals surface area contributed by atoms with E-state index in [0.717, 1.165) is 25.0 Å². The number of fused-ring (bicyclic) bond motifs is 4. The van der Waals surface area contributed by atoms with Gasteiger partial charge in [-0.3, -0.25) is 0 Å². The Hall–Kier alpha value is -2.54. The Bertz CT molecular complexity index is 938. The molecule has 0 radical (unpaired) electrons. The summed E-state index contributed by atoms with van der Waals surface area (Å²) in [5, 5.41) is 2.46. The second kappa shape index (κ2) is 4.73. The molecule has 0 saturated carbocycles. The summed E-state index contributed by atoms with van der Waals surface area (Å²) in [6.07, 6.45) is 7.62. The molecule has 3 aromatic rings. The Balaban J connectivity index is 1.62. The number of aryl methyl sites for hydroxylation is 1. The second-order valence-corrected chi connectivity index (χ2v) is 6.65. The summed E-state index contributed by atoms with van der Waals surface area (Å²) in [7, 11) is 0. The predicted octanol–water partition coefficient (Wildman–Crippen LogP) is 5.17. The molecule has 0 amide bonds. The van der Waals surface area contributed by atoms with Crippen molar-refractivity contribution in [3.63, 3.8) is 0 Å². The van der Waals surface area contributed by atoms with Crippen molar-refractivity contribution in [3.05, 3.63) is 83.4 Å². The highest BCUT2D eigenvalue weighted by molar-refractivity contribution is 5.92. The highest BCUT2D eigenvalue weighted by Gasteiger charge is 2.36. The van der Waals surface area contributed by atoms with Gasteiger partial charge in [-0.25, -0.2) is 0 Å². The molecular formula is C22H18O. The minimum Gasteiger partial charge on any atom is -0.482 e. The molecule has 23 heavy (non-hydrogen) atoms. The van der Waals surface area contributed by atoms with Crippen LogP contribution in [-0.2, 0) is 12.8 Å². The Labute approximate surface area is 136 Å². The smallest absolute Gasteiger partial charge is 0.135 e. The maximum absolute atomic E-state index is 6.64. The van der Waals surface area contributed by atoms with Crippen LogP contribution >= 0.6 is 0 Å². The fraction of sp³-hybridized carbons (Fsp3) is 0.182. The Kier molecular flexibility index (Phi) is 2.66. The van der Waals surface area contributed by atoms with Gasteiger partial charge in [-0.15, -0.1) is 0 Å². The van der Waals surface area contributed by atoms with Gasteiger partial charge in [0.05, 0.1) is 0 Å². The maximum Gasteiger partial charge on any atom is 0.135 e. The molecule has 3 aromatic carbocycles. The Morgan fingerprint density at radius 1 is 0.826 bits per heavy atom. The van der Waals surface area contributed by atoms with E-state index >= 15 is 0 Å². The number of benzene rings is 3. The van der Waals surface area contributed by atoms with E-state index in [9.17, 15) is 0 Å². The molecule has 0 unspecified atom stereocenters. The van der Waals surface area contributed by atoms with E-state index < -0.39 is 0 Å². The Morgan fingerprint density at radius 2 is 1.65 bits per heavy atom. The first kappa shape index (κ1) is 13.0. The van der Waals surface area contributed by atoms with Crippen LogP contribution in [0.3, 0.4) is 0 Å². The summed E-state index contributed by atoms with van der Waals surface area (Å²) in [6.45, 7) is 0. The number of rotatable bonds is 0. The van der Waals surface area contributed by atoms with Gasteiger partial charge >= 0.3 is 0 Å². The van der Waals surface area contributed by atoms with Crippen LogP contribution in [0.1, 0.15) is 23.1 Å². The van der Waals surface area contributed by atoms with E-state index in [1.807, 2.05) is 0 Å². The van der Waals surface area contributed by atoms with Crippen LogP contribution in [0.25, 0.3) is 16.8 Å². The molecule has 0 bridgehead atoms. The third-order valence-electron chi connectivity index (χ3n) is 5.21. The Morgan fingerprint density at radius 3 is 2.61 bits per heavy atom. The zero-order valence-electron chi connectivity index (χ0n) is 13.0. The molecule has 1 atom stereocenters. The predicted molar refractivity (Wildman–Crippen MR) is 94.8 cm³/mol. The molecule has 1 nitrogen and oxygen atoms in total. The molecule has 1 heterocycles. The van der Waals surface area contributed by atoms with Crippen molar-refractivity contribution in [2.75, 3.05) is 0 Å². The average Bonchev–Trinajstić information content (AvgIpc) is 2.61. The third-order valence-corrected chi connectivity index (χ3v) is 5.21. The lowest BCUT2D eigenvalue weighted by Crippen LogP contribution is -2.41. The summed E-state index contributed by atoms with van der Waals surface area (Å²) in [5.41, 5.74) is 3.89.